The highest BCUT2D eigenvalue weighted by Gasteiger charge is 2.11. The third-order valence-corrected chi connectivity index (χ3v) is 3.02. The van der Waals surface area contributed by atoms with Crippen LogP contribution in [0.1, 0.15) is 31.4 Å². The molecule has 1 unspecified atom stereocenters. The largest absolute Gasteiger partial charge is 0.486 e. The van der Waals surface area contributed by atoms with Crippen LogP contribution in [0.5, 0.6) is 5.75 Å². The van der Waals surface area contributed by atoms with Crippen LogP contribution in [0.3, 0.4) is 0 Å². The second kappa shape index (κ2) is 5.69. The average Bonchev–Trinajstić information content (AvgIpc) is 2.29. The fourth-order valence-electron chi connectivity index (χ4n) is 1.33. The Kier molecular flexibility index (Phi) is 4.53. The molecule has 0 aliphatic carbocycles. The summed E-state index contributed by atoms with van der Waals surface area (Å²) in [6.07, 6.45) is 0.870. The molecule has 1 rings (SSSR count). The van der Waals surface area contributed by atoms with E-state index in [1.54, 1.807) is 0 Å². The van der Waals surface area contributed by atoms with Crippen LogP contribution >= 0.6 is 0 Å². The topological polar surface area (TPSA) is 26.3 Å². The van der Waals surface area contributed by atoms with Gasteiger partial charge in [-0.25, -0.2) is 0 Å². The molecule has 0 spiro atoms. The molecule has 0 heterocycles. The van der Waals surface area contributed by atoms with E-state index in [4.69, 9.17) is 4.74 Å². The monoisotopic (exact) mass is 220 g/mol. The SMILES string of the molecule is CCC(C)C(=O)COc1ccc(C)c(C)c1. The van der Waals surface area contributed by atoms with Gasteiger partial charge in [0.15, 0.2) is 5.78 Å². The first-order valence-corrected chi connectivity index (χ1v) is 5.77. The minimum atomic E-state index is 0.0894. The van der Waals surface area contributed by atoms with Crippen LogP contribution in [-0.2, 0) is 4.79 Å². The van der Waals surface area contributed by atoms with Gasteiger partial charge in [-0.1, -0.05) is 19.9 Å². The van der Waals surface area contributed by atoms with Crippen LogP contribution in [0.4, 0.5) is 0 Å². The van der Waals surface area contributed by atoms with Crippen LogP contribution in [0.2, 0.25) is 0 Å². The lowest BCUT2D eigenvalue weighted by Gasteiger charge is -2.10. The Bertz CT molecular complexity index is 369. The van der Waals surface area contributed by atoms with Crippen molar-refractivity contribution in [3.63, 3.8) is 0 Å². The van der Waals surface area contributed by atoms with Crippen LogP contribution in [0.15, 0.2) is 18.2 Å². The van der Waals surface area contributed by atoms with E-state index < -0.39 is 0 Å². The molecule has 0 radical (unpaired) electrons. The number of ketones is 1. The summed E-state index contributed by atoms with van der Waals surface area (Å²) in [5, 5.41) is 0. The molecule has 16 heavy (non-hydrogen) atoms. The molecule has 0 bridgehead atoms. The fraction of sp³-hybridized carbons (Fsp3) is 0.500. The number of hydrogen-bond donors (Lipinski definition) is 0. The van der Waals surface area contributed by atoms with Gasteiger partial charge in [-0.3, -0.25) is 4.79 Å². The second-order valence-corrected chi connectivity index (χ2v) is 4.31. The quantitative estimate of drug-likeness (QED) is 0.761. The number of benzene rings is 1. The van der Waals surface area contributed by atoms with E-state index in [0.717, 1.165) is 12.2 Å². The van der Waals surface area contributed by atoms with Crippen molar-refractivity contribution in [2.45, 2.75) is 34.1 Å². The van der Waals surface area contributed by atoms with Gasteiger partial charge in [-0.2, -0.15) is 0 Å². The smallest absolute Gasteiger partial charge is 0.172 e. The van der Waals surface area contributed by atoms with Gasteiger partial charge < -0.3 is 4.74 Å². The number of Topliss-reactive ketones (excluding diaryl/α,β-unsaturated/α-hetero) is 1. The molecule has 1 atom stereocenters. The van der Waals surface area contributed by atoms with E-state index in [2.05, 4.69) is 6.92 Å². The Labute approximate surface area is 97.6 Å². The standard InChI is InChI=1S/C14H20O2/c1-5-10(2)14(15)9-16-13-7-6-11(3)12(4)8-13/h6-8,10H,5,9H2,1-4H3. The summed E-state index contributed by atoms with van der Waals surface area (Å²) in [6.45, 7) is 8.23. The Morgan fingerprint density at radius 3 is 2.56 bits per heavy atom. The van der Waals surface area contributed by atoms with Gasteiger partial charge in [0, 0.05) is 5.92 Å². The van der Waals surface area contributed by atoms with Gasteiger partial charge >= 0.3 is 0 Å². The van der Waals surface area contributed by atoms with Gasteiger partial charge in [-0.05, 0) is 43.5 Å². The van der Waals surface area contributed by atoms with Crippen molar-refractivity contribution < 1.29 is 9.53 Å². The van der Waals surface area contributed by atoms with Crippen LogP contribution in [-0.4, -0.2) is 12.4 Å². The minimum Gasteiger partial charge on any atom is -0.486 e. The predicted molar refractivity (Wildman–Crippen MR) is 65.9 cm³/mol. The number of ether oxygens (including phenoxy) is 1. The molecule has 1 aromatic carbocycles. The molecule has 2 heteroatoms. The van der Waals surface area contributed by atoms with E-state index in [9.17, 15) is 4.79 Å². The highest BCUT2D eigenvalue weighted by atomic mass is 16.5. The maximum atomic E-state index is 11.6. The van der Waals surface area contributed by atoms with Crippen molar-refractivity contribution in [1.29, 1.82) is 0 Å². The molecule has 0 aliphatic rings. The first kappa shape index (κ1) is 12.8. The average molecular weight is 220 g/mol. The van der Waals surface area contributed by atoms with Crippen molar-refractivity contribution in [3.05, 3.63) is 29.3 Å². The maximum absolute atomic E-state index is 11.6. The highest BCUT2D eigenvalue weighted by molar-refractivity contribution is 5.82. The lowest BCUT2D eigenvalue weighted by atomic mass is 10.0. The number of aryl methyl sites for hydroxylation is 2. The van der Waals surface area contributed by atoms with Crippen LogP contribution < -0.4 is 4.74 Å². The Hall–Kier alpha value is -1.31. The summed E-state index contributed by atoms with van der Waals surface area (Å²) in [6, 6.07) is 5.89. The van der Waals surface area contributed by atoms with Crippen LogP contribution in [0, 0.1) is 19.8 Å². The van der Waals surface area contributed by atoms with Crippen molar-refractivity contribution >= 4 is 5.78 Å². The van der Waals surface area contributed by atoms with Gasteiger partial charge in [0.2, 0.25) is 0 Å². The molecular weight excluding hydrogens is 200 g/mol. The third kappa shape index (κ3) is 3.37. The van der Waals surface area contributed by atoms with Gasteiger partial charge in [-0.15, -0.1) is 0 Å². The zero-order valence-corrected chi connectivity index (χ0v) is 10.5. The predicted octanol–water partition coefficient (Wildman–Crippen LogP) is 3.30. The molecule has 2 nitrogen and oxygen atoms in total. The molecule has 0 aliphatic heterocycles. The molecule has 1 aromatic rings. The van der Waals surface area contributed by atoms with E-state index in [-0.39, 0.29) is 18.3 Å². The normalized spacial score (nSPS) is 12.2. The summed E-state index contributed by atoms with van der Waals surface area (Å²) < 4.78 is 5.48. The Morgan fingerprint density at radius 1 is 1.31 bits per heavy atom. The highest BCUT2D eigenvalue weighted by Crippen LogP contribution is 2.16. The Balaban J connectivity index is 2.55. The van der Waals surface area contributed by atoms with Gasteiger partial charge in [0.05, 0.1) is 0 Å². The third-order valence-electron chi connectivity index (χ3n) is 3.02. The molecule has 0 N–H and O–H groups in total. The first-order valence-electron chi connectivity index (χ1n) is 5.77. The second-order valence-electron chi connectivity index (χ2n) is 4.31. The summed E-state index contributed by atoms with van der Waals surface area (Å²) in [5.74, 6) is 1.03. The molecule has 0 saturated heterocycles. The first-order chi connectivity index (χ1) is 7.54. The lowest BCUT2D eigenvalue weighted by Crippen LogP contribution is -2.18. The molecule has 0 fully saturated rings. The van der Waals surface area contributed by atoms with Crippen molar-refractivity contribution in [2.24, 2.45) is 5.92 Å². The van der Waals surface area contributed by atoms with Crippen molar-refractivity contribution in [3.8, 4) is 5.75 Å². The van der Waals surface area contributed by atoms with Crippen molar-refractivity contribution in [1.82, 2.24) is 0 Å². The van der Waals surface area contributed by atoms with E-state index >= 15 is 0 Å². The molecule has 88 valence electrons. The number of carbonyl (C=O) groups is 1. The summed E-state index contributed by atoms with van der Waals surface area (Å²) in [4.78, 5) is 11.6. The van der Waals surface area contributed by atoms with Gasteiger partial charge in [0.1, 0.15) is 12.4 Å². The molecular formula is C14H20O2. The molecule has 0 saturated carbocycles. The molecule has 0 aromatic heterocycles. The van der Waals surface area contributed by atoms with E-state index in [1.165, 1.54) is 11.1 Å². The summed E-state index contributed by atoms with van der Waals surface area (Å²) >= 11 is 0. The van der Waals surface area contributed by atoms with Crippen LogP contribution in [0.25, 0.3) is 0 Å². The number of hydrogen-bond acceptors (Lipinski definition) is 2. The zero-order valence-electron chi connectivity index (χ0n) is 10.5. The maximum Gasteiger partial charge on any atom is 0.172 e. The Morgan fingerprint density at radius 2 is 2.00 bits per heavy atom. The zero-order chi connectivity index (χ0) is 12.1. The number of rotatable bonds is 5. The number of carbonyl (C=O) groups excluding carboxylic acids is 1. The molecule has 0 amide bonds. The minimum absolute atomic E-state index is 0.0894. The van der Waals surface area contributed by atoms with Gasteiger partial charge in [0.25, 0.3) is 0 Å². The lowest BCUT2D eigenvalue weighted by molar-refractivity contribution is -0.124. The fourth-order valence-corrected chi connectivity index (χ4v) is 1.33. The van der Waals surface area contributed by atoms with E-state index in [0.29, 0.717) is 0 Å². The summed E-state index contributed by atoms with van der Waals surface area (Å²) in [7, 11) is 0. The summed E-state index contributed by atoms with van der Waals surface area (Å²) in [5.41, 5.74) is 2.43. The van der Waals surface area contributed by atoms with E-state index in [1.807, 2.05) is 39.0 Å². The van der Waals surface area contributed by atoms with Crippen molar-refractivity contribution in [2.75, 3.05) is 6.61 Å².